The third-order valence-electron chi connectivity index (χ3n) is 4.79. The molecule has 0 radical (unpaired) electrons. The molecule has 2 rings (SSSR count). The lowest BCUT2D eigenvalue weighted by molar-refractivity contribution is 0.0416. The van der Waals surface area contributed by atoms with Gasteiger partial charge in [0.15, 0.2) is 0 Å². The molecule has 0 spiro atoms. The Morgan fingerprint density at radius 1 is 0.733 bits per heavy atom. The number of rotatable bonds is 8. The fourth-order valence-electron chi connectivity index (χ4n) is 2.95. The van der Waals surface area contributed by atoms with Crippen LogP contribution in [-0.4, -0.2) is 45.1 Å². The highest BCUT2D eigenvalue weighted by molar-refractivity contribution is 5.87. The van der Waals surface area contributed by atoms with Crippen LogP contribution in [0, 0.1) is 11.8 Å². The van der Waals surface area contributed by atoms with Crippen molar-refractivity contribution in [1.82, 2.24) is 0 Å². The summed E-state index contributed by atoms with van der Waals surface area (Å²) in [4.78, 5) is 20.4. The van der Waals surface area contributed by atoms with Crippen LogP contribution in [0.4, 0.5) is 0 Å². The first-order valence-electron chi connectivity index (χ1n) is 10.2. The van der Waals surface area contributed by atoms with Gasteiger partial charge in [-0.3, -0.25) is 0 Å². The van der Waals surface area contributed by atoms with Crippen LogP contribution in [0.5, 0.6) is 0 Å². The monoisotopic (exact) mass is 418 g/mol. The van der Waals surface area contributed by atoms with Crippen LogP contribution in [-0.2, 0) is 0 Å². The Hall–Kier alpha value is -2.70. The van der Waals surface area contributed by atoms with Gasteiger partial charge < -0.3 is 20.4 Å². The molecule has 0 heterocycles. The quantitative estimate of drug-likeness (QED) is 0.499. The molecular weight excluding hydrogens is 384 g/mol. The van der Waals surface area contributed by atoms with Gasteiger partial charge in [0.1, 0.15) is 0 Å². The molecule has 0 saturated heterocycles. The zero-order chi connectivity index (χ0) is 22.9. The third-order valence-corrected chi connectivity index (χ3v) is 4.79. The van der Waals surface area contributed by atoms with Gasteiger partial charge in [-0.1, -0.05) is 70.0 Å². The van der Waals surface area contributed by atoms with E-state index in [-0.39, 0.29) is 24.5 Å². The van der Waals surface area contributed by atoms with Crippen molar-refractivity contribution < 1.29 is 30.0 Å². The highest BCUT2D eigenvalue weighted by atomic mass is 16.4. The first-order valence-corrected chi connectivity index (χ1v) is 10.2. The normalized spacial score (nSPS) is 12.8. The average molecular weight is 419 g/mol. The fraction of sp³-hybridized carbons (Fsp3) is 0.417. The van der Waals surface area contributed by atoms with E-state index in [2.05, 4.69) is 13.8 Å². The molecule has 0 aliphatic heterocycles. The molecule has 2 aromatic carbocycles. The molecule has 0 aliphatic rings. The van der Waals surface area contributed by atoms with Crippen LogP contribution < -0.4 is 0 Å². The number of aliphatic hydroxyl groups excluding tert-OH is 2. The molecule has 0 aliphatic carbocycles. The van der Waals surface area contributed by atoms with E-state index in [0.29, 0.717) is 11.1 Å². The lowest BCUT2D eigenvalue weighted by Gasteiger charge is -2.27. The van der Waals surface area contributed by atoms with Crippen molar-refractivity contribution >= 4 is 11.9 Å². The molecule has 0 saturated carbocycles. The number of carboxylic acid groups (broad SMARTS) is 2. The number of carbonyl (C=O) groups is 2. The van der Waals surface area contributed by atoms with Crippen molar-refractivity contribution in [2.24, 2.45) is 11.8 Å². The Balaban J connectivity index is 0.000000426. The van der Waals surface area contributed by atoms with Crippen LogP contribution in [0.3, 0.4) is 0 Å². The van der Waals surface area contributed by atoms with E-state index < -0.39 is 11.9 Å². The van der Waals surface area contributed by atoms with Crippen LogP contribution >= 0.6 is 0 Å². The van der Waals surface area contributed by atoms with Crippen molar-refractivity contribution in [3.05, 3.63) is 71.8 Å². The minimum Gasteiger partial charge on any atom is -0.478 e. The number of hydrogen-bond acceptors (Lipinski definition) is 4. The van der Waals surface area contributed by atoms with E-state index in [4.69, 9.17) is 15.3 Å². The number of carboxylic acids is 2. The van der Waals surface area contributed by atoms with Crippen LogP contribution in [0.1, 0.15) is 60.7 Å². The number of hydrogen-bond donors (Lipinski definition) is 4. The standard InChI is InChI=1S/C10H22O2.2C7H6O2/c1-4-8(7-11)9(5-2)10(12)6-3;2*8-7(9)6-4-2-1-3-5-6/h8-12H,4-7H2,1-3H3;2*1-5H,(H,8,9). The van der Waals surface area contributed by atoms with Crippen LogP contribution in [0.2, 0.25) is 0 Å². The molecular formula is C24H34O6. The lowest BCUT2D eigenvalue weighted by Crippen LogP contribution is -2.28. The van der Waals surface area contributed by atoms with Gasteiger partial charge in [-0.2, -0.15) is 0 Å². The van der Waals surface area contributed by atoms with E-state index in [0.717, 1.165) is 19.3 Å². The van der Waals surface area contributed by atoms with E-state index in [1.165, 1.54) is 0 Å². The van der Waals surface area contributed by atoms with Gasteiger partial charge in [-0.05, 0) is 42.5 Å². The van der Waals surface area contributed by atoms with Gasteiger partial charge in [0, 0.05) is 6.61 Å². The number of aromatic carboxylic acids is 2. The van der Waals surface area contributed by atoms with Gasteiger partial charge in [-0.25, -0.2) is 9.59 Å². The summed E-state index contributed by atoms with van der Waals surface area (Å²) in [6, 6.07) is 16.6. The summed E-state index contributed by atoms with van der Waals surface area (Å²) in [5, 5.41) is 35.5. The third kappa shape index (κ3) is 10.7. The molecule has 2 aromatic rings. The SMILES string of the molecule is CCC(O)C(CC)C(CC)CO.O=C(O)c1ccccc1.O=C(O)c1ccccc1. The molecule has 166 valence electrons. The number of benzene rings is 2. The van der Waals surface area contributed by atoms with Gasteiger partial charge in [0.2, 0.25) is 0 Å². The molecule has 6 nitrogen and oxygen atoms in total. The van der Waals surface area contributed by atoms with E-state index in [1.54, 1.807) is 60.7 Å². The summed E-state index contributed by atoms with van der Waals surface area (Å²) in [6.45, 7) is 6.32. The minimum atomic E-state index is -0.879. The smallest absolute Gasteiger partial charge is 0.335 e. The lowest BCUT2D eigenvalue weighted by atomic mass is 9.83. The Morgan fingerprint density at radius 3 is 1.33 bits per heavy atom. The summed E-state index contributed by atoms with van der Waals surface area (Å²) >= 11 is 0. The summed E-state index contributed by atoms with van der Waals surface area (Å²) in [5.41, 5.74) is 0.662. The fourth-order valence-corrected chi connectivity index (χ4v) is 2.95. The predicted octanol–water partition coefficient (Wildman–Crippen LogP) is 4.57. The second-order valence-corrected chi connectivity index (χ2v) is 6.74. The van der Waals surface area contributed by atoms with Crippen LogP contribution in [0.25, 0.3) is 0 Å². The molecule has 6 heteroatoms. The molecule has 30 heavy (non-hydrogen) atoms. The minimum absolute atomic E-state index is 0.200. The Bertz CT molecular complexity index is 649. The molecule has 0 amide bonds. The van der Waals surface area contributed by atoms with Crippen molar-refractivity contribution in [3.8, 4) is 0 Å². The summed E-state index contributed by atoms with van der Waals surface area (Å²) in [6.07, 6.45) is 2.45. The van der Waals surface area contributed by atoms with Gasteiger partial charge in [0.25, 0.3) is 0 Å². The molecule has 0 aromatic heterocycles. The Morgan fingerprint density at radius 2 is 1.13 bits per heavy atom. The summed E-state index contributed by atoms with van der Waals surface area (Å²) < 4.78 is 0. The Kier molecular flexibility index (Phi) is 14.7. The first-order chi connectivity index (χ1) is 14.3. The second-order valence-electron chi connectivity index (χ2n) is 6.74. The maximum absolute atomic E-state index is 10.2. The molecule has 0 fully saturated rings. The van der Waals surface area contributed by atoms with Crippen molar-refractivity contribution in [2.45, 2.75) is 46.1 Å². The largest absolute Gasteiger partial charge is 0.478 e. The van der Waals surface area contributed by atoms with E-state index >= 15 is 0 Å². The molecule has 3 atom stereocenters. The highest BCUT2D eigenvalue weighted by Crippen LogP contribution is 2.24. The van der Waals surface area contributed by atoms with Crippen molar-refractivity contribution in [1.29, 1.82) is 0 Å². The van der Waals surface area contributed by atoms with Gasteiger partial charge in [-0.15, -0.1) is 0 Å². The first kappa shape index (κ1) is 27.3. The number of aliphatic hydroxyl groups is 2. The van der Waals surface area contributed by atoms with Crippen molar-refractivity contribution in [3.63, 3.8) is 0 Å². The highest BCUT2D eigenvalue weighted by Gasteiger charge is 2.23. The topological polar surface area (TPSA) is 115 Å². The second kappa shape index (κ2) is 16.1. The maximum atomic E-state index is 10.2. The predicted molar refractivity (Wildman–Crippen MR) is 118 cm³/mol. The zero-order valence-electron chi connectivity index (χ0n) is 17.9. The van der Waals surface area contributed by atoms with Gasteiger partial charge >= 0.3 is 11.9 Å². The molecule has 4 N–H and O–H groups in total. The van der Waals surface area contributed by atoms with Crippen molar-refractivity contribution in [2.75, 3.05) is 6.61 Å². The van der Waals surface area contributed by atoms with E-state index in [9.17, 15) is 14.7 Å². The molecule has 0 bridgehead atoms. The van der Waals surface area contributed by atoms with Crippen LogP contribution in [0.15, 0.2) is 60.7 Å². The maximum Gasteiger partial charge on any atom is 0.335 e. The Labute approximate surface area is 178 Å². The van der Waals surface area contributed by atoms with E-state index in [1.807, 2.05) is 6.92 Å². The van der Waals surface area contributed by atoms with Gasteiger partial charge in [0.05, 0.1) is 17.2 Å². The zero-order valence-corrected chi connectivity index (χ0v) is 17.9. The summed E-state index contributed by atoms with van der Waals surface area (Å²) in [7, 11) is 0. The summed E-state index contributed by atoms with van der Waals surface area (Å²) in [5.74, 6) is -1.22. The molecule has 3 unspecified atom stereocenters. The average Bonchev–Trinajstić information content (AvgIpc) is 2.78.